The zero-order valence-corrected chi connectivity index (χ0v) is 11.0. The molecular formula is C15H22O2. The topological polar surface area (TPSA) is 29.5 Å². The normalized spacial score (nSPS) is 17.4. The lowest BCUT2D eigenvalue weighted by Gasteiger charge is -2.33. The molecular weight excluding hydrogens is 212 g/mol. The van der Waals surface area contributed by atoms with Crippen molar-refractivity contribution in [2.24, 2.45) is 0 Å². The van der Waals surface area contributed by atoms with Crippen LogP contribution in [0.3, 0.4) is 0 Å². The minimum absolute atomic E-state index is 0.0774. The summed E-state index contributed by atoms with van der Waals surface area (Å²) in [6.45, 7) is 6.40. The van der Waals surface area contributed by atoms with Crippen molar-refractivity contribution in [2.45, 2.75) is 58.5 Å². The maximum Gasteiger partial charge on any atom is 0.123 e. The second-order valence-corrected chi connectivity index (χ2v) is 5.55. The van der Waals surface area contributed by atoms with Gasteiger partial charge in [-0.3, -0.25) is 0 Å². The number of phenolic OH excluding ortho intramolecular Hbond substituents is 1. The Hall–Kier alpha value is -1.18. The van der Waals surface area contributed by atoms with Crippen LogP contribution < -0.4 is 4.74 Å². The Labute approximate surface area is 104 Å². The van der Waals surface area contributed by atoms with E-state index in [1.54, 1.807) is 0 Å². The van der Waals surface area contributed by atoms with Crippen LogP contribution in [0.2, 0.25) is 0 Å². The average Bonchev–Trinajstić information content (AvgIpc) is 2.26. The highest BCUT2D eigenvalue weighted by atomic mass is 16.5. The lowest BCUT2D eigenvalue weighted by molar-refractivity contribution is 0.0844. The quantitative estimate of drug-likeness (QED) is 0.861. The summed E-state index contributed by atoms with van der Waals surface area (Å²) >= 11 is 0. The van der Waals surface area contributed by atoms with E-state index in [1.165, 1.54) is 0 Å². The van der Waals surface area contributed by atoms with Gasteiger partial charge in [0.2, 0.25) is 0 Å². The molecule has 0 aromatic heterocycles. The van der Waals surface area contributed by atoms with Crippen molar-refractivity contribution in [3.05, 3.63) is 23.3 Å². The van der Waals surface area contributed by atoms with E-state index < -0.39 is 0 Å². The van der Waals surface area contributed by atoms with Crippen LogP contribution in [0.1, 0.15) is 51.2 Å². The van der Waals surface area contributed by atoms with Gasteiger partial charge in [-0.15, -0.1) is 0 Å². The van der Waals surface area contributed by atoms with Crippen LogP contribution in [0.5, 0.6) is 11.5 Å². The van der Waals surface area contributed by atoms with E-state index in [9.17, 15) is 5.11 Å². The number of aromatic hydroxyl groups is 1. The van der Waals surface area contributed by atoms with Gasteiger partial charge in [0.15, 0.2) is 0 Å². The minimum atomic E-state index is -0.0774. The van der Waals surface area contributed by atoms with Gasteiger partial charge >= 0.3 is 0 Å². The van der Waals surface area contributed by atoms with Crippen LogP contribution in [0.15, 0.2) is 12.1 Å². The van der Waals surface area contributed by atoms with Crippen molar-refractivity contribution in [3.8, 4) is 11.5 Å². The maximum absolute atomic E-state index is 9.97. The molecule has 1 aromatic rings. The summed E-state index contributed by atoms with van der Waals surface area (Å²) < 4.78 is 5.98. The largest absolute Gasteiger partial charge is 0.508 e. The Kier molecular flexibility index (Phi) is 3.32. The predicted octanol–water partition coefficient (Wildman–Crippen LogP) is 3.84. The second-order valence-electron chi connectivity index (χ2n) is 5.55. The Morgan fingerprint density at radius 3 is 2.82 bits per heavy atom. The van der Waals surface area contributed by atoms with Crippen LogP contribution in [-0.2, 0) is 12.8 Å². The Morgan fingerprint density at radius 1 is 1.35 bits per heavy atom. The van der Waals surface area contributed by atoms with E-state index in [0.717, 1.165) is 49.0 Å². The molecule has 0 atom stereocenters. The van der Waals surface area contributed by atoms with Crippen LogP contribution in [0, 0.1) is 0 Å². The minimum Gasteiger partial charge on any atom is -0.508 e. The first kappa shape index (κ1) is 12.3. The SMILES string of the molecule is CCCCc1cc2c(cc1O)CCC(C)(C)O2. The van der Waals surface area contributed by atoms with E-state index in [0.29, 0.717) is 5.75 Å². The van der Waals surface area contributed by atoms with Crippen molar-refractivity contribution >= 4 is 0 Å². The Bertz CT molecular complexity index is 408. The van der Waals surface area contributed by atoms with Crippen LogP contribution in [0.4, 0.5) is 0 Å². The highest BCUT2D eigenvalue weighted by Crippen LogP contribution is 2.37. The number of aryl methyl sites for hydroxylation is 2. The Balaban J connectivity index is 2.27. The van der Waals surface area contributed by atoms with Gasteiger partial charge in [0.25, 0.3) is 0 Å². The first-order chi connectivity index (χ1) is 8.02. The first-order valence-corrected chi connectivity index (χ1v) is 6.55. The molecule has 2 heteroatoms. The predicted molar refractivity (Wildman–Crippen MR) is 69.7 cm³/mol. The molecule has 0 amide bonds. The Morgan fingerprint density at radius 2 is 2.12 bits per heavy atom. The summed E-state index contributed by atoms with van der Waals surface area (Å²) in [5.41, 5.74) is 2.08. The van der Waals surface area contributed by atoms with Crippen molar-refractivity contribution in [3.63, 3.8) is 0 Å². The fraction of sp³-hybridized carbons (Fsp3) is 0.600. The van der Waals surface area contributed by atoms with Gasteiger partial charge in [-0.05, 0) is 62.8 Å². The molecule has 0 unspecified atom stereocenters. The molecule has 17 heavy (non-hydrogen) atoms. The molecule has 0 spiro atoms. The molecule has 0 aliphatic carbocycles. The number of fused-ring (bicyclic) bond motifs is 1. The summed E-state index contributed by atoms with van der Waals surface area (Å²) in [6.07, 6.45) is 5.18. The van der Waals surface area contributed by atoms with Gasteiger partial charge in [-0.1, -0.05) is 13.3 Å². The highest BCUT2D eigenvalue weighted by Gasteiger charge is 2.27. The van der Waals surface area contributed by atoms with Crippen molar-refractivity contribution in [1.29, 1.82) is 0 Å². The molecule has 1 aliphatic rings. The zero-order chi connectivity index (χ0) is 12.5. The van der Waals surface area contributed by atoms with Crippen LogP contribution in [0.25, 0.3) is 0 Å². The molecule has 94 valence electrons. The fourth-order valence-corrected chi connectivity index (χ4v) is 2.30. The van der Waals surface area contributed by atoms with E-state index >= 15 is 0 Å². The standard InChI is InChI=1S/C15H22O2/c1-4-5-6-11-10-14-12(9-13(11)16)7-8-15(2,3)17-14/h9-10,16H,4-8H2,1-3H3. The van der Waals surface area contributed by atoms with Crippen LogP contribution >= 0.6 is 0 Å². The summed E-state index contributed by atoms with van der Waals surface area (Å²) in [7, 11) is 0. The maximum atomic E-state index is 9.97. The van der Waals surface area contributed by atoms with Crippen molar-refractivity contribution in [2.75, 3.05) is 0 Å². The molecule has 1 aliphatic heterocycles. The number of hydrogen-bond donors (Lipinski definition) is 1. The molecule has 0 bridgehead atoms. The summed E-state index contributed by atoms with van der Waals surface area (Å²) in [5, 5.41) is 9.97. The molecule has 0 radical (unpaired) electrons. The number of ether oxygens (including phenoxy) is 1. The van der Waals surface area contributed by atoms with Gasteiger partial charge in [-0.2, -0.15) is 0 Å². The summed E-state index contributed by atoms with van der Waals surface area (Å²) in [6, 6.07) is 3.91. The molecule has 0 fully saturated rings. The van der Waals surface area contributed by atoms with E-state index in [2.05, 4.69) is 20.8 Å². The summed E-state index contributed by atoms with van der Waals surface area (Å²) in [4.78, 5) is 0. The third-order valence-corrected chi connectivity index (χ3v) is 3.44. The van der Waals surface area contributed by atoms with E-state index in [-0.39, 0.29) is 5.60 Å². The van der Waals surface area contributed by atoms with E-state index in [4.69, 9.17) is 4.74 Å². The zero-order valence-electron chi connectivity index (χ0n) is 11.0. The number of phenols is 1. The molecule has 2 nitrogen and oxygen atoms in total. The summed E-state index contributed by atoms with van der Waals surface area (Å²) in [5.74, 6) is 1.39. The average molecular weight is 234 g/mol. The molecule has 0 saturated carbocycles. The second kappa shape index (κ2) is 4.59. The molecule has 1 N–H and O–H groups in total. The first-order valence-electron chi connectivity index (χ1n) is 6.55. The number of unbranched alkanes of at least 4 members (excludes halogenated alkanes) is 1. The third kappa shape index (κ3) is 2.74. The van der Waals surface area contributed by atoms with Crippen molar-refractivity contribution < 1.29 is 9.84 Å². The number of hydrogen-bond acceptors (Lipinski definition) is 2. The van der Waals surface area contributed by atoms with Gasteiger partial charge in [0, 0.05) is 0 Å². The number of benzene rings is 1. The van der Waals surface area contributed by atoms with Crippen LogP contribution in [-0.4, -0.2) is 10.7 Å². The highest BCUT2D eigenvalue weighted by molar-refractivity contribution is 5.47. The number of rotatable bonds is 3. The van der Waals surface area contributed by atoms with Crippen molar-refractivity contribution in [1.82, 2.24) is 0 Å². The lowest BCUT2D eigenvalue weighted by atomic mass is 9.92. The third-order valence-electron chi connectivity index (χ3n) is 3.44. The molecule has 1 aromatic carbocycles. The molecule has 1 heterocycles. The lowest BCUT2D eigenvalue weighted by Crippen LogP contribution is -2.32. The van der Waals surface area contributed by atoms with E-state index in [1.807, 2.05) is 12.1 Å². The monoisotopic (exact) mass is 234 g/mol. The molecule has 2 rings (SSSR count). The smallest absolute Gasteiger partial charge is 0.123 e. The van der Waals surface area contributed by atoms with Gasteiger partial charge in [-0.25, -0.2) is 0 Å². The fourth-order valence-electron chi connectivity index (χ4n) is 2.30. The molecule has 0 saturated heterocycles. The van der Waals surface area contributed by atoms with Gasteiger partial charge in [0.1, 0.15) is 17.1 Å². The van der Waals surface area contributed by atoms with Gasteiger partial charge < -0.3 is 9.84 Å². The van der Waals surface area contributed by atoms with Gasteiger partial charge in [0.05, 0.1) is 0 Å².